The van der Waals surface area contributed by atoms with Crippen LogP contribution in [0.2, 0.25) is 0 Å². The molecule has 1 aliphatic rings. The molecule has 1 aliphatic heterocycles. The third-order valence-corrected chi connectivity index (χ3v) is 3.73. The monoisotopic (exact) mass is 257 g/mol. The second-order valence-electron chi connectivity index (χ2n) is 5.19. The van der Waals surface area contributed by atoms with Gasteiger partial charge in [-0.3, -0.25) is 4.79 Å². The van der Waals surface area contributed by atoms with Crippen molar-refractivity contribution >= 4 is 16.6 Å². The summed E-state index contributed by atoms with van der Waals surface area (Å²) in [6.07, 6.45) is 2.48. The van der Waals surface area contributed by atoms with Gasteiger partial charge in [0.25, 0.3) is 5.56 Å². The van der Waals surface area contributed by atoms with E-state index in [1.807, 2.05) is 30.3 Å². The van der Waals surface area contributed by atoms with Gasteiger partial charge in [0.1, 0.15) is 5.82 Å². The molecule has 1 saturated heterocycles. The summed E-state index contributed by atoms with van der Waals surface area (Å²) >= 11 is 0. The molecule has 19 heavy (non-hydrogen) atoms. The van der Waals surface area contributed by atoms with Gasteiger partial charge in [0, 0.05) is 11.9 Å². The van der Waals surface area contributed by atoms with E-state index in [1.165, 1.54) is 12.8 Å². The van der Waals surface area contributed by atoms with Crippen LogP contribution < -0.4 is 16.2 Å². The maximum atomic E-state index is 11.9. The number of aromatic amines is 1. The summed E-state index contributed by atoms with van der Waals surface area (Å²) in [5.41, 5.74) is -0.0256. The van der Waals surface area contributed by atoms with Crippen LogP contribution in [0, 0.1) is 5.92 Å². The van der Waals surface area contributed by atoms with Gasteiger partial charge < -0.3 is 15.6 Å². The average Bonchev–Trinajstić information content (AvgIpc) is 2.46. The molecule has 0 amide bonds. The van der Waals surface area contributed by atoms with Crippen molar-refractivity contribution in [1.29, 1.82) is 0 Å². The second-order valence-corrected chi connectivity index (χ2v) is 5.19. The molecule has 1 unspecified atom stereocenters. The Hall–Kier alpha value is -1.81. The average molecular weight is 257 g/mol. The first kappa shape index (κ1) is 12.2. The van der Waals surface area contributed by atoms with Crippen LogP contribution in [-0.4, -0.2) is 24.6 Å². The molecular weight excluding hydrogens is 238 g/mol. The Balaban J connectivity index is 1.75. The minimum atomic E-state index is -0.0256. The van der Waals surface area contributed by atoms with E-state index in [4.69, 9.17) is 0 Å². The molecule has 1 fully saturated rings. The van der Waals surface area contributed by atoms with Crippen LogP contribution in [0.4, 0.5) is 5.82 Å². The number of piperidine rings is 1. The first-order valence-corrected chi connectivity index (χ1v) is 6.89. The van der Waals surface area contributed by atoms with E-state index >= 15 is 0 Å². The van der Waals surface area contributed by atoms with Crippen molar-refractivity contribution in [2.75, 3.05) is 25.0 Å². The highest BCUT2D eigenvalue weighted by atomic mass is 16.1. The van der Waals surface area contributed by atoms with Gasteiger partial charge >= 0.3 is 0 Å². The molecule has 2 aromatic rings. The van der Waals surface area contributed by atoms with Gasteiger partial charge in [0.2, 0.25) is 0 Å². The fraction of sp³-hybridized carbons (Fsp3) is 0.400. The Bertz CT molecular complexity index is 614. The van der Waals surface area contributed by atoms with Crippen LogP contribution in [0.15, 0.2) is 35.1 Å². The summed E-state index contributed by atoms with van der Waals surface area (Å²) in [7, 11) is 0. The quantitative estimate of drug-likeness (QED) is 0.787. The van der Waals surface area contributed by atoms with Crippen LogP contribution in [0.3, 0.4) is 0 Å². The number of H-pyrrole nitrogens is 1. The Morgan fingerprint density at radius 3 is 3.05 bits per heavy atom. The highest BCUT2D eigenvalue weighted by molar-refractivity contribution is 5.83. The zero-order chi connectivity index (χ0) is 13.1. The molecule has 100 valence electrons. The van der Waals surface area contributed by atoms with Crippen LogP contribution in [0.1, 0.15) is 12.8 Å². The number of pyridine rings is 1. The number of fused-ring (bicyclic) bond motifs is 1. The van der Waals surface area contributed by atoms with Gasteiger partial charge in [-0.05, 0) is 49.4 Å². The van der Waals surface area contributed by atoms with Gasteiger partial charge in [0.05, 0.1) is 0 Å². The number of anilines is 1. The van der Waals surface area contributed by atoms with Crippen molar-refractivity contribution in [3.63, 3.8) is 0 Å². The molecule has 2 heterocycles. The molecule has 1 aromatic carbocycles. The normalized spacial score (nSPS) is 19.5. The third-order valence-electron chi connectivity index (χ3n) is 3.73. The largest absolute Gasteiger partial charge is 0.371 e. The Morgan fingerprint density at radius 2 is 2.21 bits per heavy atom. The highest BCUT2D eigenvalue weighted by Crippen LogP contribution is 2.14. The number of benzene rings is 1. The number of nitrogens with one attached hydrogen (secondary N) is 3. The van der Waals surface area contributed by atoms with Gasteiger partial charge in [0.15, 0.2) is 0 Å². The lowest BCUT2D eigenvalue weighted by Gasteiger charge is -2.23. The first-order valence-electron chi connectivity index (χ1n) is 6.89. The maximum absolute atomic E-state index is 11.9. The molecule has 1 atom stereocenters. The maximum Gasteiger partial charge on any atom is 0.257 e. The lowest BCUT2D eigenvalue weighted by atomic mass is 10.00. The number of hydrogen-bond donors (Lipinski definition) is 3. The van der Waals surface area contributed by atoms with Crippen molar-refractivity contribution in [2.24, 2.45) is 5.92 Å². The van der Waals surface area contributed by atoms with Crippen molar-refractivity contribution < 1.29 is 0 Å². The van der Waals surface area contributed by atoms with E-state index in [0.717, 1.165) is 36.2 Å². The third kappa shape index (κ3) is 2.79. The van der Waals surface area contributed by atoms with Crippen LogP contribution in [0.5, 0.6) is 0 Å². The van der Waals surface area contributed by atoms with Crippen molar-refractivity contribution in [3.8, 4) is 0 Å². The number of aromatic nitrogens is 1. The standard InChI is InChI=1S/C15H19N3O/c19-15-13-6-2-1-5-12(13)8-14(18-15)17-10-11-4-3-7-16-9-11/h1-2,5-6,8,11,16H,3-4,7,9-10H2,(H2,17,18,19). The van der Waals surface area contributed by atoms with E-state index < -0.39 is 0 Å². The Morgan fingerprint density at radius 1 is 1.32 bits per heavy atom. The summed E-state index contributed by atoms with van der Waals surface area (Å²) < 4.78 is 0. The zero-order valence-electron chi connectivity index (χ0n) is 10.9. The van der Waals surface area contributed by atoms with E-state index in [-0.39, 0.29) is 5.56 Å². The van der Waals surface area contributed by atoms with Crippen LogP contribution >= 0.6 is 0 Å². The fourth-order valence-corrected chi connectivity index (χ4v) is 2.66. The summed E-state index contributed by atoms with van der Waals surface area (Å²) in [5, 5.41) is 8.48. The molecule has 4 nitrogen and oxygen atoms in total. The van der Waals surface area contributed by atoms with Crippen molar-refractivity contribution in [1.82, 2.24) is 10.3 Å². The molecule has 3 N–H and O–H groups in total. The predicted molar refractivity (Wildman–Crippen MR) is 78.7 cm³/mol. The number of hydrogen-bond acceptors (Lipinski definition) is 3. The smallest absolute Gasteiger partial charge is 0.257 e. The molecule has 0 spiro atoms. The van der Waals surface area contributed by atoms with Gasteiger partial charge in [-0.25, -0.2) is 0 Å². The van der Waals surface area contributed by atoms with E-state index in [1.54, 1.807) is 0 Å². The van der Waals surface area contributed by atoms with Crippen molar-refractivity contribution in [3.05, 3.63) is 40.7 Å². The SMILES string of the molecule is O=c1[nH]c(NCC2CCCNC2)cc2ccccc12. The lowest BCUT2D eigenvalue weighted by molar-refractivity contribution is 0.392. The predicted octanol–water partition coefficient (Wildman–Crippen LogP) is 1.94. The van der Waals surface area contributed by atoms with E-state index in [9.17, 15) is 4.79 Å². The summed E-state index contributed by atoms with van der Waals surface area (Å²) in [6.45, 7) is 3.09. The van der Waals surface area contributed by atoms with Crippen molar-refractivity contribution in [2.45, 2.75) is 12.8 Å². The fourth-order valence-electron chi connectivity index (χ4n) is 2.66. The number of rotatable bonds is 3. The molecule has 3 rings (SSSR count). The summed E-state index contributed by atoms with van der Waals surface area (Å²) in [5.74, 6) is 1.46. The second kappa shape index (κ2) is 5.45. The highest BCUT2D eigenvalue weighted by Gasteiger charge is 2.12. The Kier molecular flexibility index (Phi) is 3.51. The molecule has 0 saturated carbocycles. The molecular formula is C15H19N3O. The topological polar surface area (TPSA) is 56.9 Å². The Labute approximate surface area is 112 Å². The zero-order valence-corrected chi connectivity index (χ0v) is 10.9. The summed E-state index contributed by atoms with van der Waals surface area (Å²) in [6, 6.07) is 9.67. The molecule has 1 aromatic heterocycles. The van der Waals surface area contributed by atoms with Gasteiger partial charge in [-0.2, -0.15) is 0 Å². The molecule has 0 bridgehead atoms. The molecule has 0 aliphatic carbocycles. The van der Waals surface area contributed by atoms with E-state index in [2.05, 4.69) is 15.6 Å². The molecule has 0 radical (unpaired) electrons. The van der Waals surface area contributed by atoms with Crippen LogP contribution in [-0.2, 0) is 0 Å². The van der Waals surface area contributed by atoms with Crippen LogP contribution in [0.25, 0.3) is 10.8 Å². The van der Waals surface area contributed by atoms with E-state index in [0.29, 0.717) is 5.92 Å². The van der Waals surface area contributed by atoms with Gasteiger partial charge in [-0.1, -0.05) is 18.2 Å². The first-order chi connectivity index (χ1) is 9.33. The minimum absolute atomic E-state index is 0.0256. The lowest BCUT2D eigenvalue weighted by Crippen LogP contribution is -2.33. The van der Waals surface area contributed by atoms with Gasteiger partial charge in [-0.15, -0.1) is 0 Å². The molecule has 4 heteroatoms. The summed E-state index contributed by atoms with van der Waals surface area (Å²) in [4.78, 5) is 14.8. The minimum Gasteiger partial charge on any atom is -0.371 e.